The molecule has 3 rings (SSSR count). The van der Waals surface area contributed by atoms with E-state index in [1.54, 1.807) is 4.57 Å². The van der Waals surface area contributed by atoms with E-state index in [2.05, 4.69) is 0 Å². The number of carbonyl (C=O) groups is 1. The molecule has 1 aromatic carbocycles. The highest BCUT2D eigenvalue weighted by Gasteiger charge is 2.20. The zero-order valence-electron chi connectivity index (χ0n) is 13.1. The lowest BCUT2D eigenvalue weighted by Gasteiger charge is -2.17. The molecule has 1 N–H and O–H groups in total. The number of carboxylic acids is 1. The molecule has 2 aromatic rings. The van der Waals surface area contributed by atoms with Crippen LogP contribution in [0.3, 0.4) is 0 Å². The summed E-state index contributed by atoms with van der Waals surface area (Å²) in [6.45, 7) is 0.592. The molecule has 0 bridgehead atoms. The first kappa shape index (κ1) is 16.2. The fraction of sp³-hybridized carbons (Fsp3) is 0.389. The highest BCUT2D eigenvalue weighted by Crippen LogP contribution is 2.28. The number of nitriles is 1. The number of aromatic carboxylic acids is 1. The summed E-state index contributed by atoms with van der Waals surface area (Å²) in [6, 6.07) is 4.46. The van der Waals surface area contributed by atoms with Crippen molar-refractivity contribution < 1.29 is 14.3 Å². The molecular weight excluding hydrogens is 311 g/mol. The van der Waals surface area contributed by atoms with Gasteiger partial charge in [0.25, 0.3) is 0 Å². The Kier molecular flexibility index (Phi) is 4.34. The zero-order chi connectivity index (χ0) is 17.3. The predicted molar refractivity (Wildman–Crippen MR) is 86.4 cm³/mol. The molecule has 0 amide bonds. The van der Waals surface area contributed by atoms with Crippen molar-refractivity contribution in [2.24, 2.45) is 5.92 Å². The quantitative estimate of drug-likeness (QED) is 0.935. The largest absolute Gasteiger partial charge is 0.477 e. The fourth-order valence-electron chi connectivity index (χ4n) is 3.45. The number of rotatable bonds is 4. The second-order valence-corrected chi connectivity index (χ2v) is 6.28. The van der Waals surface area contributed by atoms with E-state index in [0.29, 0.717) is 18.0 Å². The van der Waals surface area contributed by atoms with E-state index < -0.39 is 17.2 Å². The second kappa shape index (κ2) is 6.44. The predicted octanol–water partition coefficient (Wildman–Crippen LogP) is 3.10. The second-order valence-electron chi connectivity index (χ2n) is 6.28. The monoisotopic (exact) mass is 328 g/mol. The van der Waals surface area contributed by atoms with Gasteiger partial charge in [0.15, 0.2) is 0 Å². The summed E-state index contributed by atoms with van der Waals surface area (Å²) in [5.41, 5.74) is -0.341. The normalized spacial score (nSPS) is 14.8. The Hall–Kier alpha value is -2.68. The molecule has 1 aliphatic rings. The topological polar surface area (TPSA) is 83.1 Å². The molecule has 0 saturated heterocycles. The van der Waals surface area contributed by atoms with Crippen molar-refractivity contribution in [3.05, 3.63) is 45.5 Å². The van der Waals surface area contributed by atoms with Gasteiger partial charge in [-0.3, -0.25) is 4.79 Å². The summed E-state index contributed by atoms with van der Waals surface area (Å²) >= 11 is 0. The van der Waals surface area contributed by atoms with Crippen LogP contribution in [-0.2, 0) is 13.0 Å². The highest BCUT2D eigenvalue weighted by molar-refractivity contribution is 5.92. The average molecular weight is 328 g/mol. The average Bonchev–Trinajstić information content (AvgIpc) is 3.04. The lowest BCUT2D eigenvalue weighted by Crippen LogP contribution is -2.21. The summed E-state index contributed by atoms with van der Waals surface area (Å²) in [7, 11) is 0. The number of carboxylic acid groups (broad SMARTS) is 1. The van der Waals surface area contributed by atoms with Gasteiger partial charge < -0.3 is 9.67 Å². The highest BCUT2D eigenvalue weighted by atomic mass is 19.1. The number of hydrogen-bond acceptors (Lipinski definition) is 3. The van der Waals surface area contributed by atoms with Crippen molar-refractivity contribution in [3.8, 4) is 6.07 Å². The van der Waals surface area contributed by atoms with Crippen LogP contribution in [0.2, 0.25) is 0 Å². The molecule has 1 aliphatic carbocycles. The molecule has 6 heteroatoms. The molecule has 0 radical (unpaired) electrons. The van der Waals surface area contributed by atoms with Crippen LogP contribution in [0.25, 0.3) is 10.9 Å². The molecule has 1 saturated carbocycles. The maximum atomic E-state index is 14.1. The number of benzene rings is 1. The summed E-state index contributed by atoms with van der Waals surface area (Å²) in [5, 5.41) is 18.1. The van der Waals surface area contributed by atoms with Crippen molar-refractivity contribution >= 4 is 16.9 Å². The Morgan fingerprint density at radius 3 is 2.71 bits per heavy atom. The van der Waals surface area contributed by atoms with Crippen LogP contribution >= 0.6 is 0 Å². The first-order valence-corrected chi connectivity index (χ1v) is 7.97. The molecule has 0 aliphatic heterocycles. The standard InChI is InChI=1S/C18H17FN2O3/c19-15-8-13-16(7-12(15)5-6-20)21(9-11-3-1-2-4-11)10-14(17(13)22)18(23)24/h7-8,10-11H,1-5,9H2,(H,23,24). The number of halogens is 1. The van der Waals surface area contributed by atoms with Crippen molar-refractivity contribution in [2.75, 3.05) is 0 Å². The van der Waals surface area contributed by atoms with Gasteiger partial charge in [-0.05, 0) is 30.9 Å². The molecule has 0 atom stereocenters. The fourth-order valence-corrected chi connectivity index (χ4v) is 3.45. The van der Waals surface area contributed by atoms with Crippen molar-refractivity contribution in [3.63, 3.8) is 0 Å². The van der Waals surface area contributed by atoms with Crippen LogP contribution in [0.15, 0.2) is 23.1 Å². The molecule has 1 aromatic heterocycles. The molecule has 24 heavy (non-hydrogen) atoms. The Bertz CT molecular complexity index is 905. The van der Waals surface area contributed by atoms with Gasteiger partial charge in [0.2, 0.25) is 5.43 Å². The van der Waals surface area contributed by atoms with Crippen LogP contribution in [0.4, 0.5) is 4.39 Å². The van der Waals surface area contributed by atoms with Gasteiger partial charge >= 0.3 is 5.97 Å². The molecular formula is C18H17FN2O3. The van der Waals surface area contributed by atoms with Crippen LogP contribution in [0.1, 0.15) is 41.6 Å². The third kappa shape index (κ3) is 2.90. The number of fused-ring (bicyclic) bond motifs is 1. The van der Waals surface area contributed by atoms with Crippen molar-refractivity contribution in [2.45, 2.75) is 38.6 Å². The minimum absolute atomic E-state index is 0.0482. The first-order chi connectivity index (χ1) is 11.5. The van der Waals surface area contributed by atoms with E-state index in [-0.39, 0.29) is 22.9 Å². The summed E-state index contributed by atoms with van der Waals surface area (Å²) in [4.78, 5) is 23.7. The Morgan fingerprint density at radius 1 is 1.38 bits per heavy atom. The van der Waals surface area contributed by atoms with E-state index in [1.165, 1.54) is 12.3 Å². The van der Waals surface area contributed by atoms with E-state index in [1.807, 2.05) is 6.07 Å². The van der Waals surface area contributed by atoms with Gasteiger partial charge in [-0.15, -0.1) is 0 Å². The minimum atomic E-state index is -1.32. The third-order valence-electron chi connectivity index (χ3n) is 4.68. The molecule has 0 unspecified atom stereocenters. The van der Waals surface area contributed by atoms with Gasteiger partial charge in [0.1, 0.15) is 11.4 Å². The van der Waals surface area contributed by atoms with Gasteiger partial charge in [0, 0.05) is 23.7 Å². The summed E-state index contributed by atoms with van der Waals surface area (Å²) in [5.74, 6) is -1.55. The molecule has 1 fully saturated rings. The maximum absolute atomic E-state index is 14.1. The van der Waals surface area contributed by atoms with Crippen molar-refractivity contribution in [1.82, 2.24) is 4.57 Å². The van der Waals surface area contributed by atoms with Crippen molar-refractivity contribution in [1.29, 1.82) is 5.26 Å². The molecule has 5 nitrogen and oxygen atoms in total. The van der Waals surface area contributed by atoms with E-state index in [4.69, 9.17) is 5.26 Å². The third-order valence-corrected chi connectivity index (χ3v) is 4.68. The number of hydrogen-bond donors (Lipinski definition) is 1. The lowest BCUT2D eigenvalue weighted by molar-refractivity contribution is 0.0694. The van der Waals surface area contributed by atoms with Crippen LogP contribution in [0.5, 0.6) is 0 Å². The smallest absolute Gasteiger partial charge is 0.341 e. The Morgan fingerprint density at radius 2 is 2.08 bits per heavy atom. The maximum Gasteiger partial charge on any atom is 0.341 e. The van der Waals surface area contributed by atoms with Crippen LogP contribution < -0.4 is 5.43 Å². The number of pyridine rings is 1. The lowest BCUT2D eigenvalue weighted by atomic mass is 10.0. The first-order valence-electron chi connectivity index (χ1n) is 7.97. The zero-order valence-corrected chi connectivity index (χ0v) is 13.1. The van der Waals surface area contributed by atoms with E-state index in [0.717, 1.165) is 31.7 Å². The SMILES string of the molecule is N#CCc1cc2c(cc1F)c(=O)c(C(=O)O)cn2CC1CCCC1. The van der Waals surface area contributed by atoms with Gasteiger partial charge in [-0.2, -0.15) is 5.26 Å². The molecule has 0 spiro atoms. The Labute approximate surface area is 137 Å². The molecule has 1 heterocycles. The van der Waals surface area contributed by atoms with Crippen LogP contribution in [-0.4, -0.2) is 15.6 Å². The van der Waals surface area contributed by atoms with Crippen LogP contribution in [0, 0.1) is 23.1 Å². The molecule has 124 valence electrons. The van der Waals surface area contributed by atoms with Gasteiger partial charge in [0.05, 0.1) is 18.0 Å². The Balaban J connectivity index is 2.23. The number of nitrogens with zero attached hydrogens (tertiary/aromatic N) is 2. The number of aromatic nitrogens is 1. The summed E-state index contributed by atoms with van der Waals surface area (Å²) < 4.78 is 15.8. The van der Waals surface area contributed by atoms with Gasteiger partial charge in [-0.1, -0.05) is 12.8 Å². The minimum Gasteiger partial charge on any atom is -0.477 e. The van der Waals surface area contributed by atoms with Gasteiger partial charge in [-0.25, -0.2) is 9.18 Å². The summed E-state index contributed by atoms with van der Waals surface area (Å²) in [6.07, 6.45) is 5.65. The van der Waals surface area contributed by atoms with E-state index >= 15 is 0 Å². The van der Waals surface area contributed by atoms with E-state index in [9.17, 15) is 19.1 Å².